The lowest BCUT2D eigenvalue weighted by molar-refractivity contribution is 0.654. The Bertz CT molecular complexity index is 615. The second-order valence-electron chi connectivity index (χ2n) is 3.14. The molecular weight excluding hydrogens is 194 g/mol. The minimum absolute atomic E-state index is 0.682. The third kappa shape index (κ3) is 1.02. The van der Waals surface area contributed by atoms with Crippen LogP contribution in [0.2, 0.25) is 0 Å². The first kappa shape index (κ1) is 7.88. The molecule has 0 unspecified atom stereocenters. The van der Waals surface area contributed by atoms with Crippen molar-refractivity contribution >= 4 is 34.7 Å². The molecule has 0 fully saturated rings. The molecule has 3 heteroatoms. The van der Waals surface area contributed by atoms with Crippen molar-refractivity contribution < 1.29 is 4.42 Å². The average Bonchev–Trinajstić information content (AvgIpc) is 2.56. The summed E-state index contributed by atoms with van der Waals surface area (Å²) >= 11 is 4.30. The summed E-state index contributed by atoms with van der Waals surface area (Å²) in [5, 5.41) is 2.11. The topological polar surface area (TPSA) is 26.0 Å². The van der Waals surface area contributed by atoms with E-state index in [1.54, 1.807) is 6.20 Å². The molecular formula is C11H7NOS. The summed E-state index contributed by atoms with van der Waals surface area (Å²) in [4.78, 5) is 5.09. The van der Waals surface area contributed by atoms with E-state index in [1.165, 1.54) is 0 Å². The zero-order valence-corrected chi connectivity index (χ0v) is 8.16. The Balaban J connectivity index is 2.58. The van der Waals surface area contributed by atoms with Gasteiger partial charge in [0.25, 0.3) is 0 Å². The fourth-order valence-electron chi connectivity index (χ4n) is 1.60. The molecule has 0 amide bonds. The molecule has 3 aromatic rings. The molecule has 2 aromatic heterocycles. The van der Waals surface area contributed by atoms with Crippen molar-refractivity contribution in [1.29, 1.82) is 0 Å². The molecule has 3 rings (SSSR count). The number of furan rings is 1. The van der Waals surface area contributed by atoms with E-state index in [9.17, 15) is 0 Å². The van der Waals surface area contributed by atoms with Gasteiger partial charge in [-0.15, -0.1) is 12.6 Å². The van der Waals surface area contributed by atoms with E-state index in [0.717, 1.165) is 21.3 Å². The fraction of sp³-hybridized carbons (Fsp3) is 0. The van der Waals surface area contributed by atoms with Gasteiger partial charge in [0, 0.05) is 21.9 Å². The van der Waals surface area contributed by atoms with Gasteiger partial charge in [-0.2, -0.15) is 0 Å². The van der Waals surface area contributed by atoms with E-state index in [-0.39, 0.29) is 0 Å². The zero-order chi connectivity index (χ0) is 9.54. The van der Waals surface area contributed by atoms with Crippen LogP contribution in [0.4, 0.5) is 0 Å². The van der Waals surface area contributed by atoms with Crippen molar-refractivity contribution in [2.75, 3.05) is 0 Å². The minimum atomic E-state index is 0.682. The van der Waals surface area contributed by atoms with Crippen molar-refractivity contribution in [2.24, 2.45) is 0 Å². The molecule has 0 aliphatic carbocycles. The molecule has 0 aliphatic heterocycles. The summed E-state index contributed by atoms with van der Waals surface area (Å²) in [7, 11) is 0. The standard InChI is InChI=1S/C11H7NOS/c14-7-3-4-10-9(6-7)8-2-1-5-12-11(8)13-10/h1-6,14H. The molecule has 0 bridgehead atoms. The van der Waals surface area contributed by atoms with Gasteiger partial charge in [0.2, 0.25) is 5.71 Å². The predicted molar refractivity (Wildman–Crippen MR) is 58.8 cm³/mol. The molecule has 1 aromatic carbocycles. The summed E-state index contributed by atoms with van der Waals surface area (Å²) < 4.78 is 5.56. The van der Waals surface area contributed by atoms with Gasteiger partial charge < -0.3 is 4.42 Å². The Hall–Kier alpha value is -1.48. The van der Waals surface area contributed by atoms with Gasteiger partial charge in [-0.05, 0) is 30.3 Å². The Morgan fingerprint density at radius 3 is 3.00 bits per heavy atom. The maximum atomic E-state index is 5.56. The molecule has 0 saturated carbocycles. The Labute approximate surface area is 86.0 Å². The highest BCUT2D eigenvalue weighted by atomic mass is 32.1. The van der Waals surface area contributed by atoms with Crippen molar-refractivity contribution in [3.8, 4) is 0 Å². The van der Waals surface area contributed by atoms with E-state index in [0.29, 0.717) is 5.71 Å². The normalized spacial score (nSPS) is 11.2. The van der Waals surface area contributed by atoms with Crippen LogP contribution in [0.5, 0.6) is 0 Å². The Morgan fingerprint density at radius 2 is 2.07 bits per heavy atom. The number of nitrogens with zero attached hydrogens (tertiary/aromatic N) is 1. The number of rotatable bonds is 0. The lowest BCUT2D eigenvalue weighted by Gasteiger charge is -1.89. The number of hydrogen-bond donors (Lipinski definition) is 1. The minimum Gasteiger partial charge on any atom is -0.438 e. The molecule has 2 nitrogen and oxygen atoms in total. The highest BCUT2D eigenvalue weighted by molar-refractivity contribution is 7.80. The van der Waals surface area contributed by atoms with Crippen molar-refractivity contribution in [3.05, 3.63) is 36.5 Å². The summed E-state index contributed by atoms with van der Waals surface area (Å²) in [6, 6.07) is 9.73. The van der Waals surface area contributed by atoms with E-state index in [2.05, 4.69) is 17.6 Å². The van der Waals surface area contributed by atoms with Gasteiger partial charge >= 0.3 is 0 Å². The molecule has 14 heavy (non-hydrogen) atoms. The van der Waals surface area contributed by atoms with Gasteiger partial charge in [-0.25, -0.2) is 4.98 Å². The lowest BCUT2D eigenvalue weighted by Crippen LogP contribution is -1.69. The first-order valence-corrected chi connectivity index (χ1v) is 4.75. The van der Waals surface area contributed by atoms with Crippen LogP contribution in [-0.2, 0) is 0 Å². The highest BCUT2D eigenvalue weighted by Crippen LogP contribution is 2.28. The molecule has 0 radical (unpaired) electrons. The van der Waals surface area contributed by atoms with Crippen LogP contribution >= 0.6 is 12.6 Å². The largest absolute Gasteiger partial charge is 0.438 e. The van der Waals surface area contributed by atoms with Crippen LogP contribution in [0, 0.1) is 0 Å². The number of aromatic nitrogens is 1. The summed E-state index contributed by atoms with van der Waals surface area (Å²) in [5.74, 6) is 0. The van der Waals surface area contributed by atoms with Gasteiger partial charge in [-0.1, -0.05) is 0 Å². The molecule has 0 spiro atoms. The number of pyridine rings is 1. The second-order valence-corrected chi connectivity index (χ2v) is 3.66. The van der Waals surface area contributed by atoms with E-state index >= 15 is 0 Å². The van der Waals surface area contributed by atoms with Gasteiger partial charge in [0.15, 0.2) is 0 Å². The molecule has 2 heterocycles. The van der Waals surface area contributed by atoms with Crippen LogP contribution in [0.25, 0.3) is 22.1 Å². The van der Waals surface area contributed by atoms with E-state index in [4.69, 9.17) is 4.42 Å². The molecule has 0 saturated heterocycles. The fourth-order valence-corrected chi connectivity index (χ4v) is 1.80. The van der Waals surface area contributed by atoms with Crippen LogP contribution in [0.15, 0.2) is 45.8 Å². The maximum Gasteiger partial charge on any atom is 0.227 e. The molecule has 0 N–H and O–H groups in total. The summed E-state index contributed by atoms with van der Waals surface area (Å²) in [5.41, 5.74) is 1.54. The van der Waals surface area contributed by atoms with Crippen molar-refractivity contribution in [1.82, 2.24) is 4.98 Å². The lowest BCUT2D eigenvalue weighted by atomic mass is 10.2. The zero-order valence-electron chi connectivity index (χ0n) is 7.27. The quantitative estimate of drug-likeness (QED) is 0.565. The number of benzene rings is 1. The third-order valence-corrected chi connectivity index (χ3v) is 2.51. The van der Waals surface area contributed by atoms with Gasteiger partial charge in [-0.3, -0.25) is 0 Å². The van der Waals surface area contributed by atoms with Crippen molar-refractivity contribution in [3.63, 3.8) is 0 Å². The SMILES string of the molecule is Sc1ccc2oc3ncccc3c2c1. The van der Waals surface area contributed by atoms with Gasteiger partial charge in [0.05, 0.1) is 0 Å². The first-order valence-electron chi connectivity index (χ1n) is 4.31. The second kappa shape index (κ2) is 2.75. The Kier molecular flexibility index (Phi) is 1.55. The van der Waals surface area contributed by atoms with Crippen LogP contribution in [0.3, 0.4) is 0 Å². The number of hydrogen-bond acceptors (Lipinski definition) is 3. The number of thiol groups is 1. The molecule has 0 atom stereocenters. The smallest absolute Gasteiger partial charge is 0.227 e. The predicted octanol–water partition coefficient (Wildman–Crippen LogP) is 3.27. The first-order chi connectivity index (χ1) is 6.84. The summed E-state index contributed by atoms with van der Waals surface area (Å²) in [6.07, 6.45) is 1.73. The highest BCUT2D eigenvalue weighted by Gasteiger charge is 2.06. The maximum absolute atomic E-state index is 5.56. The monoisotopic (exact) mass is 201 g/mol. The van der Waals surface area contributed by atoms with Gasteiger partial charge in [0.1, 0.15) is 5.58 Å². The summed E-state index contributed by atoms with van der Waals surface area (Å²) in [6.45, 7) is 0. The third-order valence-electron chi connectivity index (χ3n) is 2.23. The Morgan fingerprint density at radius 1 is 1.14 bits per heavy atom. The molecule has 68 valence electrons. The molecule has 0 aliphatic rings. The van der Waals surface area contributed by atoms with Crippen LogP contribution < -0.4 is 0 Å². The number of fused-ring (bicyclic) bond motifs is 3. The van der Waals surface area contributed by atoms with Crippen LogP contribution in [0.1, 0.15) is 0 Å². The van der Waals surface area contributed by atoms with E-state index < -0.39 is 0 Å². The average molecular weight is 201 g/mol. The van der Waals surface area contributed by atoms with Crippen LogP contribution in [-0.4, -0.2) is 4.98 Å². The van der Waals surface area contributed by atoms with Crippen molar-refractivity contribution in [2.45, 2.75) is 4.90 Å². The van der Waals surface area contributed by atoms with E-state index in [1.807, 2.05) is 30.3 Å².